The topological polar surface area (TPSA) is 75.7 Å². The number of Topliss-reactive ketones (excluding diaryl/α,β-unsaturated/α-hetero) is 1. The predicted molar refractivity (Wildman–Crippen MR) is 91.3 cm³/mol. The molecule has 0 aromatic heterocycles. The standard InChI is InChI=1S/C19H22N2O4/c22-15-11-19(25-12-15)7-9-21(10-8-19)14-3-1-13(2-4-14)16-5-6-17(23)20-18(16)24/h1-4,16H,5-12H2,(H,20,23,24). The smallest absolute Gasteiger partial charge is 0.234 e. The van der Waals surface area contributed by atoms with Crippen LogP contribution in [0.15, 0.2) is 24.3 Å². The minimum Gasteiger partial charge on any atom is -0.371 e. The van der Waals surface area contributed by atoms with Crippen molar-refractivity contribution in [3.63, 3.8) is 0 Å². The Labute approximate surface area is 146 Å². The Hall–Kier alpha value is -2.21. The first-order valence-electron chi connectivity index (χ1n) is 8.89. The molecule has 3 fully saturated rings. The van der Waals surface area contributed by atoms with E-state index < -0.39 is 0 Å². The molecule has 25 heavy (non-hydrogen) atoms. The summed E-state index contributed by atoms with van der Waals surface area (Å²) in [5, 5.41) is 2.41. The van der Waals surface area contributed by atoms with Crippen LogP contribution in [0, 0.1) is 0 Å². The van der Waals surface area contributed by atoms with Gasteiger partial charge in [-0.05, 0) is 37.0 Å². The van der Waals surface area contributed by atoms with Gasteiger partial charge >= 0.3 is 0 Å². The summed E-state index contributed by atoms with van der Waals surface area (Å²) >= 11 is 0. The summed E-state index contributed by atoms with van der Waals surface area (Å²) in [5.41, 5.74) is 1.84. The summed E-state index contributed by atoms with van der Waals surface area (Å²) in [6.07, 6.45) is 3.25. The zero-order valence-electron chi connectivity index (χ0n) is 14.1. The first-order chi connectivity index (χ1) is 12.0. The number of hydrogen-bond acceptors (Lipinski definition) is 5. The van der Waals surface area contributed by atoms with Crippen molar-refractivity contribution < 1.29 is 19.1 Å². The Balaban J connectivity index is 1.40. The van der Waals surface area contributed by atoms with Gasteiger partial charge in [0, 0.05) is 31.6 Å². The molecule has 0 bridgehead atoms. The van der Waals surface area contributed by atoms with E-state index in [0.717, 1.165) is 37.2 Å². The molecule has 1 aromatic carbocycles. The van der Waals surface area contributed by atoms with Crippen LogP contribution in [0.25, 0.3) is 0 Å². The van der Waals surface area contributed by atoms with Gasteiger partial charge in [0.25, 0.3) is 0 Å². The fraction of sp³-hybridized carbons (Fsp3) is 0.526. The van der Waals surface area contributed by atoms with E-state index >= 15 is 0 Å². The maximum Gasteiger partial charge on any atom is 0.234 e. The number of benzene rings is 1. The molecule has 3 aliphatic heterocycles. The Kier molecular flexibility index (Phi) is 4.07. The van der Waals surface area contributed by atoms with E-state index in [9.17, 15) is 14.4 Å². The van der Waals surface area contributed by atoms with E-state index in [4.69, 9.17) is 4.74 Å². The van der Waals surface area contributed by atoms with E-state index in [1.165, 1.54) is 0 Å². The Bertz CT molecular complexity index is 705. The number of carbonyl (C=O) groups is 3. The molecule has 1 spiro atoms. The van der Waals surface area contributed by atoms with Gasteiger partial charge in [0.15, 0.2) is 5.78 Å². The maximum absolute atomic E-state index is 12.0. The first-order valence-corrected chi connectivity index (χ1v) is 8.89. The van der Waals surface area contributed by atoms with Crippen LogP contribution in [-0.4, -0.2) is 42.9 Å². The normalized spacial score (nSPS) is 26.2. The zero-order chi connectivity index (χ0) is 17.4. The van der Waals surface area contributed by atoms with Crippen molar-refractivity contribution in [3.8, 4) is 0 Å². The van der Waals surface area contributed by atoms with Gasteiger partial charge in [-0.15, -0.1) is 0 Å². The number of hydrogen-bond donors (Lipinski definition) is 1. The highest BCUT2D eigenvalue weighted by Crippen LogP contribution is 2.36. The third-order valence-corrected chi connectivity index (χ3v) is 5.63. The molecule has 4 rings (SSSR count). The van der Waals surface area contributed by atoms with Crippen LogP contribution in [0.4, 0.5) is 5.69 Å². The van der Waals surface area contributed by atoms with Crippen molar-refractivity contribution in [1.82, 2.24) is 5.32 Å². The second kappa shape index (κ2) is 6.26. The molecule has 1 N–H and O–H groups in total. The maximum atomic E-state index is 12.0. The van der Waals surface area contributed by atoms with Gasteiger partial charge in [0.1, 0.15) is 6.61 Å². The van der Waals surface area contributed by atoms with Gasteiger partial charge in [-0.1, -0.05) is 12.1 Å². The highest BCUT2D eigenvalue weighted by Gasteiger charge is 2.42. The van der Waals surface area contributed by atoms with E-state index in [1.807, 2.05) is 24.3 Å². The summed E-state index contributed by atoms with van der Waals surface area (Å²) in [7, 11) is 0. The monoisotopic (exact) mass is 342 g/mol. The van der Waals surface area contributed by atoms with Crippen molar-refractivity contribution in [2.24, 2.45) is 0 Å². The highest BCUT2D eigenvalue weighted by atomic mass is 16.5. The fourth-order valence-electron chi connectivity index (χ4n) is 4.12. The van der Waals surface area contributed by atoms with Crippen LogP contribution < -0.4 is 10.2 Å². The molecule has 6 nitrogen and oxygen atoms in total. The van der Waals surface area contributed by atoms with Gasteiger partial charge in [0.2, 0.25) is 11.8 Å². The lowest BCUT2D eigenvalue weighted by atomic mass is 9.87. The number of nitrogens with one attached hydrogen (secondary N) is 1. The molecule has 2 amide bonds. The first kappa shape index (κ1) is 16.3. The van der Waals surface area contributed by atoms with E-state index in [0.29, 0.717) is 19.3 Å². The molecule has 0 saturated carbocycles. The number of ether oxygens (including phenoxy) is 1. The molecule has 3 aliphatic rings. The van der Waals surface area contributed by atoms with Crippen molar-refractivity contribution in [2.45, 2.75) is 43.6 Å². The Morgan fingerprint density at radius 3 is 2.40 bits per heavy atom. The Morgan fingerprint density at radius 1 is 1.08 bits per heavy atom. The lowest BCUT2D eigenvalue weighted by Crippen LogP contribution is -2.44. The molecule has 1 aromatic rings. The lowest BCUT2D eigenvalue weighted by molar-refractivity contribution is -0.134. The quantitative estimate of drug-likeness (QED) is 0.825. The minimum atomic E-state index is -0.241. The molecule has 0 radical (unpaired) electrons. The molecule has 1 atom stereocenters. The number of ketones is 1. The minimum absolute atomic E-state index is 0.187. The predicted octanol–water partition coefficient (Wildman–Crippen LogP) is 1.54. The van der Waals surface area contributed by atoms with Crippen LogP contribution in [0.1, 0.15) is 43.6 Å². The van der Waals surface area contributed by atoms with Crippen LogP contribution in [0.2, 0.25) is 0 Å². The van der Waals surface area contributed by atoms with Crippen molar-refractivity contribution in [3.05, 3.63) is 29.8 Å². The number of carbonyl (C=O) groups excluding carboxylic acids is 3. The molecule has 132 valence electrons. The van der Waals surface area contributed by atoms with Gasteiger partial charge in [-0.25, -0.2) is 0 Å². The second-order valence-corrected chi connectivity index (χ2v) is 7.27. The van der Waals surface area contributed by atoms with Crippen molar-refractivity contribution in [1.29, 1.82) is 0 Å². The summed E-state index contributed by atoms with van der Waals surface area (Å²) in [4.78, 5) is 37.1. The van der Waals surface area contributed by atoms with Crippen LogP contribution in [-0.2, 0) is 19.1 Å². The van der Waals surface area contributed by atoms with Crippen LogP contribution in [0.3, 0.4) is 0 Å². The summed E-state index contributed by atoms with van der Waals surface area (Å²) < 4.78 is 5.75. The molecule has 1 unspecified atom stereocenters. The average molecular weight is 342 g/mol. The SMILES string of the molecule is O=C1COC2(CCN(c3ccc(C4CCC(=O)NC4=O)cc3)CC2)C1. The number of rotatable bonds is 2. The van der Waals surface area contributed by atoms with E-state index in [-0.39, 0.29) is 35.7 Å². The molecular weight excluding hydrogens is 320 g/mol. The third-order valence-electron chi connectivity index (χ3n) is 5.63. The molecule has 0 aliphatic carbocycles. The summed E-state index contributed by atoms with van der Waals surface area (Å²) in [6.45, 7) is 2.00. The second-order valence-electron chi connectivity index (χ2n) is 7.27. The summed E-state index contributed by atoms with van der Waals surface area (Å²) in [6, 6.07) is 8.04. The van der Waals surface area contributed by atoms with Gasteiger partial charge in [-0.3, -0.25) is 19.7 Å². The number of anilines is 1. The van der Waals surface area contributed by atoms with Crippen molar-refractivity contribution >= 4 is 23.3 Å². The summed E-state index contributed by atoms with van der Waals surface area (Å²) in [5.74, 6) is -0.420. The van der Waals surface area contributed by atoms with E-state index in [2.05, 4.69) is 10.2 Å². The van der Waals surface area contributed by atoms with E-state index in [1.54, 1.807) is 0 Å². The van der Waals surface area contributed by atoms with Gasteiger partial charge < -0.3 is 9.64 Å². The number of piperidine rings is 2. The molecular formula is C19H22N2O4. The number of nitrogens with zero attached hydrogens (tertiary/aromatic N) is 1. The van der Waals surface area contributed by atoms with Crippen molar-refractivity contribution in [2.75, 3.05) is 24.6 Å². The van der Waals surface area contributed by atoms with Crippen LogP contribution >= 0.6 is 0 Å². The molecule has 6 heteroatoms. The highest BCUT2D eigenvalue weighted by molar-refractivity contribution is 6.00. The Morgan fingerprint density at radius 2 is 1.80 bits per heavy atom. The zero-order valence-corrected chi connectivity index (χ0v) is 14.1. The third kappa shape index (κ3) is 3.18. The average Bonchev–Trinajstić information content (AvgIpc) is 2.96. The fourth-order valence-corrected chi connectivity index (χ4v) is 4.12. The number of amides is 2. The number of imide groups is 1. The largest absolute Gasteiger partial charge is 0.371 e. The van der Waals surface area contributed by atoms with Crippen LogP contribution in [0.5, 0.6) is 0 Å². The van der Waals surface area contributed by atoms with Gasteiger partial charge in [0.05, 0.1) is 11.5 Å². The lowest BCUT2D eigenvalue weighted by Gasteiger charge is -2.39. The molecule has 3 saturated heterocycles. The molecule has 3 heterocycles. The van der Waals surface area contributed by atoms with Gasteiger partial charge in [-0.2, -0.15) is 0 Å².